The number of fused-ring (bicyclic) bond motifs is 1. The van der Waals surface area contributed by atoms with Gasteiger partial charge in [-0.2, -0.15) is 0 Å². The summed E-state index contributed by atoms with van der Waals surface area (Å²) >= 11 is 3.34. The van der Waals surface area contributed by atoms with Crippen LogP contribution in [0.5, 0.6) is 0 Å². The van der Waals surface area contributed by atoms with Gasteiger partial charge in [-0.05, 0) is 42.5 Å². The Kier molecular flexibility index (Phi) is 5.61. The minimum absolute atomic E-state index is 0. The maximum atomic E-state index is 11.5. The van der Waals surface area contributed by atoms with Crippen molar-refractivity contribution in [3.05, 3.63) is 64.3 Å². The van der Waals surface area contributed by atoms with Crippen molar-refractivity contribution in [2.24, 2.45) is 0 Å². The summed E-state index contributed by atoms with van der Waals surface area (Å²) in [6, 6.07) is 11.6. The number of aromatic nitrogens is 1. The SMILES string of the molecule is Cl.O=C(O)c1ccc2ncc(C(=O)O)c(Nc3ccc(Br)cc3)c2c1. The highest BCUT2D eigenvalue weighted by molar-refractivity contribution is 9.10. The Morgan fingerprint density at radius 1 is 1.00 bits per heavy atom. The summed E-state index contributed by atoms with van der Waals surface area (Å²) < 4.78 is 0.888. The monoisotopic (exact) mass is 422 g/mol. The summed E-state index contributed by atoms with van der Waals surface area (Å²) in [6.07, 6.45) is 1.26. The molecule has 6 nitrogen and oxygen atoms in total. The summed E-state index contributed by atoms with van der Waals surface area (Å²) in [5.41, 5.74) is 1.51. The van der Waals surface area contributed by atoms with Crippen LogP contribution in [0.15, 0.2) is 53.1 Å². The fourth-order valence-electron chi connectivity index (χ4n) is 2.30. The third kappa shape index (κ3) is 3.89. The maximum Gasteiger partial charge on any atom is 0.339 e. The van der Waals surface area contributed by atoms with Gasteiger partial charge in [0.05, 0.1) is 16.8 Å². The molecule has 0 radical (unpaired) electrons. The van der Waals surface area contributed by atoms with E-state index in [4.69, 9.17) is 0 Å². The topological polar surface area (TPSA) is 99.5 Å². The van der Waals surface area contributed by atoms with Crippen LogP contribution in [0.3, 0.4) is 0 Å². The molecule has 25 heavy (non-hydrogen) atoms. The van der Waals surface area contributed by atoms with Gasteiger partial charge in [0, 0.05) is 21.7 Å². The van der Waals surface area contributed by atoms with Crippen molar-refractivity contribution in [1.29, 1.82) is 0 Å². The van der Waals surface area contributed by atoms with Crippen LogP contribution in [0, 0.1) is 0 Å². The molecule has 1 heterocycles. The zero-order chi connectivity index (χ0) is 17.3. The zero-order valence-corrected chi connectivity index (χ0v) is 15.0. The van der Waals surface area contributed by atoms with Gasteiger partial charge in [0.15, 0.2) is 0 Å². The fraction of sp³-hybridized carbons (Fsp3) is 0. The molecule has 8 heteroatoms. The maximum absolute atomic E-state index is 11.5. The summed E-state index contributed by atoms with van der Waals surface area (Å²) in [5, 5.41) is 22.1. The van der Waals surface area contributed by atoms with Crippen LogP contribution in [0.4, 0.5) is 11.4 Å². The Balaban J connectivity index is 0.00000225. The number of halogens is 2. The molecule has 0 bridgehead atoms. The predicted molar refractivity (Wildman–Crippen MR) is 100 cm³/mol. The molecule has 0 amide bonds. The average molecular weight is 424 g/mol. The number of benzene rings is 2. The van der Waals surface area contributed by atoms with Gasteiger partial charge < -0.3 is 15.5 Å². The predicted octanol–water partition coefficient (Wildman–Crippen LogP) is 4.56. The number of carboxylic acids is 2. The second-order valence-electron chi connectivity index (χ2n) is 5.02. The van der Waals surface area contributed by atoms with Crippen molar-refractivity contribution in [2.45, 2.75) is 0 Å². The van der Waals surface area contributed by atoms with Gasteiger partial charge in [-0.25, -0.2) is 9.59 Å². The van der Waals surface area contributed by atoms with E-state index < -0.39 is 11.9 Å². The molecule has 1 aromatic heterocycles. The first-order chi connectivity index (χ1) is 11.5. The van der Waals surface area contributed by atoms with E-state index in [9.17, 15) is 19.8 Å². The Labute approximate surface area is 157 Å². The minimum atomic E-state index is -1.15. The van der Waals surface area contributed by atoms with Gasteiger partial charge in [-0.3, -0.25) is 4.98 Å². The Bertz CT molecular complexity index is 956. The lowest BCUT2D eigenvalue weighted by atomic mass is 10.1. The van der Waals surface area contributed by atoms with E-state index in [0.717, 1.165) is 4.47 Å². The van der Waals surface area contributed by atoms with E-state index in [0.29, 0.717) is 22.3 Å². The first-order valence-corrected chi connectivity index (χ1v) is 7.67. The standard InChI is InChI=1S/C17H11BrN2O4.ClH/c18-10-2-4-11(5-3-10)20-15-12-7-9(16(21)22)1-6-14(12)19-8-13(15)17(23)24;/h1-8H,(H,19,20)(H,21,22)(H,23,24);1H. The molecule has 0 saturated heterocycles. The van der Waals surface area contributed by atoms with Crippen LogP contribution in [0.1, 0.15) is 20.7 Å². The highest BCUT2D eigenvalue weighted by Gasteiger charge is 2.16. The van der Waals surface area contributed by atoms with Gasteiger partial charge in [-0.1, -0.05) is 15.9 Å². The van der Waals surface area contributed by atoms with Crippen molar-refractivity contribution < 1.29 is 19.8 Å². The largest absolute Gasteiger partial charge is 0.478 e. The van der Waals surface area contributed by atoms with Crippen molar-refractivity contribution in [1.82, 2.24) is 4.98 Å². The zero-order valence-electron chi connectivity index (χ0n) is 12.6. The van der Waals surface area contributed by atoms with Crippen molar-refractivity contribution in [3.8, 4) is 0 Å². The van der Waals surface area contributed by atoms with Gasteiger partial charge >= 0.3 is 11.9 Å². The van der Waals surface area contributed by atoms with E-state index in [1.165, 1.54) is 18.3 Å². The molecule has 0 atom stereocenters. The lowest BCUT2D eigenvalue weighted by Gasteiger charge is -2.13. The molecule has 0 aliphatic heterocycles. The van der Waals surface area contributed by atoms with Gasteiger partial charge in [0.1, 0.15) is 5.56 Å². The Hall–Kier alpha value is -2.64. The van der Waals surface area contributed by atoms with E-state index in [2.05, 4.69) is 26.2 Å². The molecule has 3 aromatic rings. The number of hydrogen-bond donors (Lipinski definition) is 3. The van der Waals surface area contributed by atoms with Crippen LogP contribution in [-0.4, -0.2) is 27.1 Å². The van der Waals surface area contributed by atoms with Gasteiger partial charge in [0.25, 0.3) is 0 Å². The molecule has 0 unspecified atom stereocenters. The van der Waals surface area contributed by atoms with Gasteiger partial charge in [0.2, 0.25) is 0 Å². The second-order valence-corrected chi connectivity index (χ2v) is 5.94. The van der Waals surface area contributed by atoms with E-state index >= 15 is 0 Å². The molecule has 0 aliphatic carbocycles. The van der Waals surface area contributed by atoms with Gasteiger partial charge in [-0.15, -0.1) is 12.4 Å². The molecule has 0 fully saturated rings. The van der Waals surface area contributed by atoms with Crippen molar-refractivity contribution >= 4 is 62.6 Å². The molecule has 0 saturated carbocycles. The Morgan fingerprint density at radius 3 is 2.28 bits per heavy atom. The highest BCUT2D eigenvalue weighted by atomic mass is 79.9. The molecule has 3 N–H and O–H groups in total. The number of carbonyl (C=O) groups is 2. The molecular weight excluding hydrogens is 412 g/mol. The summed E-state index contributed by atoms with van der Waals surface area (Å²) in [5.74, 6) is -2.24. The van der Waals surface area contributed by atoms with Crippen LogP contribution >= 0.6 is 28.3 Å². The van der Waals surface area contributed by atoms with Crippen LogP contribution < -0.4 is 5.32 Å². The number of anilines is 2. The third-order valence-corrected chi connectivity index (χ3v) is 3.99. The molecule has 0 spiro atoms. The molecule has 3 rings (SSSR count). The van der Waals surface area contributed by atoms with Crippen LogP contribution in [0.2, 0.25) is 0 Å². The molecule has 0 aliphatic rings. The lowest BCUT2D eigenvalue weighted by Crippen LogP contribution is -2.05. The average Bonchev–Trinajstić information content (AvgIpc) is 2.56. The van der Waals surface area contributed by atoms with E-state index in [1.807, 2.05) is 12.1 Å². The summed E-state index contributed by atoms with van der Waals surface area (Å²) in [7, 11) is 0. The quantitative estimate of drug-likeness (QED) is 0.569. The highest BCUT2D eigenvalue weighted by Crippen LogP contribution is 2.30. The van der Waals surface area contributed by atoms with Crippen molar-refractivity contribution in [3.63, 3.8) is 0 Å². The normalized spacial score (nSPS) is 10.1. The second kappa shape index (κ2) is 7.50. The smallest absolute Gasteiger partial charge is 0.339 e. The number of pyridine rings is 1. The van der Waals surface area contributed by atoms with Crippen LogP contribution in [0.25, 0.3) is 10.9 Å². The first kappa shape index (κ1) is 18.7. The first-order valence-electron chi connectivity index (χ1n) is 6.87. The third-order valence-electron chi connectivity index (χ3n) is 3.46. The molecule has 128 valence electrons. The van der Waals surface area contributed by atoms with E-state index in [1.54, 1.807) is 18.2 Å². The number of hydrogen-bond acceptors (Lipinski definition) is 4. The molecular formula is C17H12BrClN2O4. The van der Waals surface area contributed by atoms with Crippen molar-refractivity contribution in [2.75, 3.05) is 5.32 Å². The van der Waals surface area contributed by atoms with Crippen LogP contribution in [-0.2, 0) is 0 Å². The minimum Gasteiger partial charge on any atom is -0.478 e. The number of nitrogens with one attached hydrogen (secondary N) is 1. The fourth-order valence-corrected chi connectivity index (χ4v) is 2.56. The summed E-state index contributed by atoms with van der Waals surface area (Å²) in [4.78, 5) is 26.8. The lowest BCUT2D eigenvalue weighted by molar-refractivity contribution is 0.0687. The molecule has 2 aromatic carbocycles. The number of aromatic carboxylic acids is 2. The summed E-state index contributed by atoms with van der Waals surface area (Å²) in [6.45, 7) is 0. The van der Waals surface area contributed by atoms with E-state index in [-0.39, 0.29) is 23.5 Å². The number of carboxylic acid groups (broad SMARTS) is 2. The Morgan fingerprint density at radius 2 is 1.68 bits per heavy atom. The number of rotatable bonds is 4. The number of nitrogens with zero attached hydrogens (tertiary/aromatic N) is 1.